The van der Waals surface area contributed by atoms with E-state index in [4.69, 9.17) is 0 Å². The van der Waals surface area contributed by atoms with E-state index in [1.807, 2.05) is 18.2 Å². The van der Waals surface area contributed by atoms with Crippen molar-refractivity contribution in [3.05, 3.63) is 76.3 Å². The number of hydrogen-bond donors (Lipinski definition) is 0. The summed E-state index contributed by atoms with van der Waals surface area (Å²) >= 11 is 0. The van der Waals surface area contributed by atoms with Crippen LogP contribution in [0.5, 0.6) is 0 Å². The summed E-state index contributed by atoms with van der Waals surface area (Å²) in [7, 11) is 1.19. The van der Waals surface area contributed by atoms with Gasteiger partial charge in [0.25, 0.3) is 5.91 Å². The Morgan fingerprint density at radius 1 is 1.04 bits per heavy atom. The van der Waals surface area contributed by atoms with E-state index in [0.29, 0.717) is 18.7 Å². The quantitative estimate of drug-likeness (QED) is 0.373. The average molecular weight is 335 g/mol. The van der Waals surface area contributed by atoms with Gasteiger partial charge < -0.3 is 15.2 Å². The molecule has 1 aliphatic rings. The molecule has 1 heterocycles. The van der Waals surface area contributed by atoms with Crippen LogP contribution in [0.3, 0.4) is 0 Å². The molecule has 0 bridgehead atoms. The summed E-state index contributed by atoms with van der Waals surface area (Å²) in [6.45, 7) is 1.10. The fourth-order valence-corrected chi connectivity index (χ4v) is 3.02. The van der Waals surface area contributed by atoms with Crippen LogP contribution in [0, 0.1) is 0 Å². The van der Waals surface area contributed by atoms with Crippen LogP contribution in [0.1, 0.15) is 27.0 Å². The van der Waals surface area contributed by atoms with E-state index < -0.39 is 5.97 Å². The Bertz CT molecular complexity index is 885. The molecule has 0 unspecified atom stereocenters. The van der Waals surface area contributed by atoms with Gasteiger partial charge in [0.1, 0.15) is 0 Å². The Kier molecular flexibility index (Phi) is 4.73. The molecule has 0 saturated heterocycles. The van der Waals surface area contributed by atoms with Gasteiger partial charge in [0, 0.05) is 13.1 Å². The summed E-state index contributed by atoms with van der Waals surface area (Å²) in [5, 5.41) is 0. The first-order valence-electron chi connectivity index (χ1n) is 7.91. The number of carbonyl (C=O) groups excluding carboxylic acids is 2. The lowest BCUT2D eigenvalue weighted by Gasteiger charge is -2.29. The third-order valence-electron chi connectivity index (χ3n) is 4.31. The number of benzene rings is 2. The Labute approximate surface area is 145 Å². The molecule has 1 amide bonds. The van der Waals surface area contributed by atoms with Gasteiger partial charge in [-0.25, -0.2) is 4.79 Å². The molecule has 0 aliphatic carbocycles. The number of hydrogen-bond acceptors (Lipinski definition) is 3. The Balaban J connectivity index is 1.94. The van der Waals surface area contributed by atoms with Gasteiger partial charge in [-0.3, -0.25) is 4.79 Å². The Morgan fingerprint density at radius 2 is 1.68 bits per heavy atom. The summed E-state index contributed by atoms with van der Waals surface area (Å²) in [6, 6.07) is 14.6. The van der Waals surface area contributed by atoms with Crippen molar-refractivity contribution in [2.75, 3.05) is 13.7 Å². The number of amides is 1. The summed E-state index contributed by atoms with van der Waals surface area (Å²) in [4.78, 5) is 29.6. The van der Waals surface area contributed by atoms with E-state index in [-0.39, 0.29) is 17.2 Å². The fraction of sp³-hybridized carbons (Fsp3) is 0.211. The molecule has 25 heavy (non-hydrogen) atoms. The Morgan fingerprint density at radius 3 is 2.36 bits per heavy atom. The summed E-state index contributed by atoms with van der Waals surface area (Å²) in [5.41, 5.74) is 11.8. The maximum absolute atomic E-state index is 13.0. The van der Waals surface area contributed by atoms with E-state index >= 15 is 0 Å². The second-order valence-electron chi connectivity index (χ2n) is 5.73. The van der Waals surface area contributed by atoms with Crippen molar-refractivity contribution in [2.45, 2.75) is 13.0 Å². The van der Waals surface area contributed by atoms with Crippen molar-refractivity contribution in [1.29, 1.82) is 0 Å². The van der Waals surface area contributed by atoms with Crippen molar-refractivity contribution in [2.24, 2.45) is 0 Å². The highest BCUT2D eigenvalue weighted by atomic mass is 16.5. The normalized spacial score (nSPS) is 12.8. The lowest BCUT2D eigenvalue weighted by atomic mass is 9.97. The van der Waals surface area contributed by atoms with Crippen molar-refractivity contribution in [3.8, 4) is 0 Å². The zero-order chi connectivity index (χ0) is 17.8. The molecule has 2 aromatic carbocycles. The van der Waals surface area contributed by atoms with Crippen molar-refractivity contribution in [3.63, 3.8) is 0 Å². The van der Waals surface area contributed by atoms with Gasteiger partial charge >= 0.3 is 11.7 Å². The van der Waals surface area contributed by atoms with Gasteiger partial charge in [-0.15, -0.1) is 0 Å². The monoisotopic (exact) mass is 335 g/mol. The molecular formula is C19H17N3O3. The predicted octanol–water partition coefficient (Wildman–Crippen LogP) is 2.08. The predicted molar refractivity (Wildman–Crippen MR) is 91.1 cm³/mol. The lowest BCUT2D eigenvalue weighted by Crippen LogP contribution is -2.37. The minimum absolute atomic E-state index is 0.213. The minimum Gasteiger partial charge on any atom is -0.460 e. The van der Waals surface area contributed by atoms with E-state index in [2.05, 4.69) is 15.6 Å². The van der Waals surface area contributed by atoms with Gasteiger partial charge in [0.15, 0.2) is 0 Å². The van der Waals surface area contributed by atoms with Crippen LogP contribution >= 0.6 is 0 Å². The van der Waals surface area contributed by atoms with Crippen molar-refractivity contribution >= 4 is 17.6 Å². The average Bonchev–Trinajstić information content (AvgIpc) is 2.67. The van der Waals surface area contributed by atoms with Crippen LogP contribution in [-0.2, 0) is 22.5 Å². The molecular weight excluding hydrogens is 318 g/mol. The Hall–Kier alpha value is -3.24. The first kappa shape index (κ1) is 16.6. The first-order chi connectivity index (χ1) is 12.2. The number of methoxy groups -OCH3 is 1. The number of nitrogens with zero attached hydrogens (tertiary/aromatic N) is 3. The van der Waals surface area contributed by atoms with E-state index in [1.165, 1.54) is 12.7 Å². The first-order valence-corrected chi connectivity index (χ1v) is 7.91. The second-order valence-corrected chi connectivity index (χ2v) is 5.73. The standard InChI is InChI=1S/C19H17N3O3/c1-25-19(24)17(21-20)15-8-4-5-9-16(15)18(23)22-11-10-13-6-2-3-7-14(13)12-22/h2-9H,10-12H2,1H3. The van der Waals surface area contributed by atoms with Crippen LogP contribution in [0.15, 0.2) is 48.5 Å². The molecule has 6 heteroatoms. The molecule has 1 aliphatic heterocycles. The van der Waals surface area contributed by atoms with E-state index in [0.717, 1.165) is 12.0 Å². The molecule has 0 atom stereocenters. The summed E-state index contributed by atoms with van der Waals surface area (Å²) < 4.78 is 4.63. The molecule has 0 saturated carbocycles. The van der Waals surface area contributed by atoms with Crippen LogP contribution in [0.25, 0.3) is 5.53 Å². The maximum Gasteiger partial charge on any atom is 0.422 e. The molecule has 0 radical (unpaired) electrons. The number of esters is 1. The van der Waals surface area contributed by atoms with Crippen LogP contribution in [0.4, 0.5) is 0 Å². The smallest absolute Gasteiger partial charge is 0.422 e. The van der Waals surface area contributed by atoms with Gasteiger partial charge in [0.2, 0.25) is 0 Å². The van der Waals surface area contributed by atoms with Crippen LogP contribution < -0.4 is 0 Å². The lowest BCUT2D eigenvalue weighted by molar-refractivity contribution is -0.137. The number of carbonyl (C=O) groups is 2. The maximum atomic E-state index is 13.0. The highest BCUT2D eigenvalue weighted by molar-refractivity contribution is 6.42. The third kappa shape index (κ3) is 3.20. The summed E-state index contributed by atoms with van der Waals surface area (Å²) in [5.74, 6) is -1.01. The van der Waals surface area contributed by atoms with Crippen molar-refractivity contribution in [1.82, 2.24) is 4.90 Å². The van der Waals surface area contributed by atoms with E-state index in [1.54, 1.807) is 29.2 Å². The van der Waals surface area contributed by atoms with Crippen LogP contribution in [-0.4, -0.2) is 40.9 Å². The van der Waals surface area contributed by atoms with Crippen molar-refractivity contribution < 1.29 is 19.1 Å². The molecule has 0 fully saturated rings. The number of fused-ring (bicyclic) bond motifs is 1. The second kappa shape index (κ2) is 7.11. The molecule has 126 valence electrons. The topological polar surface area (TPSA) is 83.0 Å². The fourth-order valence-electron chi connectivity index (χ4n) is 3.02. The molecule has 0 spiro atoms. The highest BCUT2D eigenvalue weighted by Gasteiger charge is 2.31. The highest BCUT2D eigenvalue weighted by Crippen LogP contribution is 2.21. The van der Waals surface area contributed by atoms with Gasteiger partial charge in [0.05, 0.1) is 18.2 Å². The SMILES string of the molecule is COC(=O)C(=[N+]=[N-])c1ccccc1C(=O)N1CCc2ccccc2C1. The number of rotatable bonds is 3. The third-order valence-corrected chi connectivity index (χ3v) is 4.31. The molecule has 0 N–H and O–H groups in total. The van der Waals surface area contributed by atoms with Gasteiger partial charge in [-0.2, -0.15) is 4.79 Å². The molecule has 3 rings (SSSR count). The van der Waals surface area contributed by atoms with E-state index in [9.17, 15) is 15.1 Å². The largest absolute Gasteiger partial charge is 0.460 e. The van der Waals surface area contributed by atoms with Crippen LogP contribution in [0.2, 0.25) is 0 Å². The molecule has 6 nitrogen and oxygen atoms in total. The molecule has 2 aromatic rings. The van der Waals surface area contributed by atoms with Gasteiger partial charge in [-0.1, -0.05) is 36.4 Å². The van der Waals surface area contributed by atoms with Gasteiger partial charge in [-0.05, 0) is 29.7 Å². The zero-order valence-corrected chi connectivity index (χ0v) is 13.8. The minimum atomic E-state index is -0.799. The number of ether oxygens (including phenoxy) is 1. The zero-order valence-electron chi connectivity index (χ0n) is 13.8. The molecule has 0 aromatic heterocycles. The summed E-state index contributed by atoms with van der Waals surface area (Å²) in [6.07, 6.45) is 0.780.